The summed E-state index contributed by atoms with van der Waals surface area (Å²) in [6.07, 6.45) is 2.07. The molecule has 0 unspecified atom stereocenters. The molecular weight excluding hydrogens is 522 g/mol. The fraction of sp³-hybridized carbons (Fsp3) is 0.517. The van der Waals surface area contributed by atoms with Gasteiger partial charge in [0.25, 0.3) is 5.91 Å². The van der Waals surface area contributed by atoms with Crippen LogP contribution in [-0.2, 0) is 14.2 Å². The number of hydrogen-bond donors (Lipinski definition) is 3. The van der Waals surface area contributed by atoms with Crippen molar-refractivity contribution in [3.8, 4) is 5.75 Å². The highest BCUT2D eigenvalue weighted by molar-refractivity contribution is 6.30. The highest BCUT2D eigenvalue weighted by Crippen LogP contribution is 2.31. The first-order chi connectivity index (χ1) is 18.9. The van der Waals surface area contributed by atoms with E-state index in [9.17, 15) is 9.59 Å². The zero-order valence-corrected chi connectivity index (χ0v) is 23.7. The Balaban J connectivity index is 1.78. The van der Waals surface area contributed by atoms with Crippen LogP contribution in [0.15, 0.2) is 42.5 Å². The first-order valence-electron chi connectivity index (χ1n) is 13.4. The zero-order valence-electron chi connectivity index (χ0n) is 23.0. The van der Waals surface area contributed by atoms with Crippen molar-refractivity contribution in [2.75, 3.05) is 53.7 Å². The van der Waals surface area contributed by atoms with Crippen molar-refractivity contribution >= 4 is 23.6 Å². The fourth-order valence-electron chi connectivity index (χ4n) is 4.63. The lowest BCUT2D eigenvalue weighted by molar-refractivity contribution is 0.0478. The molecule has 0 spiro atoms. The average Bonchev–Trinajstić information content (AvgIpc) is 2.95. The van der Waals surface area contributed by atoms with Gasteiger partial charge in [0.05, 0.1) is 20.3 Å². The third-order valence-electron chi connectivity index (χ3n) is 6.59. The first-order valence-corrected chi connectivity index (χ1v) is 13.8. The predicted octanol–water partition coefficient (Wildman–Crippen LogP) is 4.34. The van der Waals surface area contributed by atoms with Crippen molar-refractivity contribution in [3.63, 3.8) is 0 Å². The van der Waals surface area contributed by atoms with E-state index in [1.807, 2.05) is 38.2 Å². The molecule has 3 rings (SSSR count). The van der Waals surface area contributed by atoms with Crippen LogP contribution in [0.25, 0.3) is 0 Å². The molecule has 2 amide bonds. The van der Waals surface area contributed by atoms with Crippen LogP contribution in [-0.4, -0.2) is 71.7 Å². The largest absolute Gasteiger partial charge is 0.494 e. The third kappa shape index (κ3) is 10.0. The molecule has 1 heterocycles. The summed E-state index contributed by atoms with van der Waals surface area (Å²) in [6.45, 7) is 4.89. The summed E-state index contributed by atoms with van der Waals surface area (Å²) >= 11 is 6.28. The van der Waals surface area contributed by atoms with Crippen molar-refractivity contribution in [2.24, 2.45) is 5.92 Å². The number of methoxy groups -OCH3 is 1. The number of alkyl carbamates (subject to hydrolysis) is 1. The number of halogens is 1. The number of benzene rings is 2. The Morgan fingerprint density at radius 2 is 2.00 bits per heavy atom. The lowest BCUT2D eigenvalue weighted by Gasteiger charge is -2.26. The highest BCUT2D eigenvalue weighted by Gasteiger charge is 2.22. The van der Waals surface area contributed by atoms with E-state index in [4.69, 9.17) is 25.8 Å². The van der Waals surface area contributed by atoms with E-state index in [0.29, 0.717) is 35.4 Å². The molecule has 1 aliphatic rings. The van der Waals surface area contributed by atoms with Gasteiger partial charge >= 0.3 is 6.09 Å². The van der Waals surface area contributed by atoms with E-state index >= 15 is 0 Å². The van der Waals surface area contributed by atoms with Crippen LogP contribution in [0.4, 0.5) is 4.79 Å². The lowest BCUT2D eigenvalue weighted by atomic mass is 9.94. The summed E-state index contributed by atoms with van der Waals surface area (Å²) in [5, 5.41) is 9.57. The quantitative estimate of drug-likeness (QED) is 0.295. The topological polar surface area (TPSA) is 107 Å². The maximum absolute atomic E-state index is 13.3. The van der Waals surface area contributed by atoms with E-state index in [1.165, 1.54) is 7.11 Å². The summed E-state index contributed by atoms with van der Waals surface area (Å²) in [7, 11) is 3.22. The number of hydrogen-bond acceptors (Lipinski definition) is 7. The van der Waals surface area contributed by atoms with Crippen molar-refractivity contribution in [1.29, 1.82) is 0 Å². The number of likely N-dealkylation sites (N-methyl/N-ethyl adjacent to an activating group) is 1. The van der Waals surface area contributed by atoms with Crippen LogP contribution in [0, 0.1) is 5.92 Å². The molecule has 1 aliphatic heterocycles. The molecule has 0 saturated carbocycles. The van der Waals surface area contributed by atoms with Gasteiger partial charge in [-0.3, -0.25) is 4.79 Å². The van der Waals surface area contributed by atoms with Gasteiger partial charge in [0, 0.05) is 42.9 Å². The number of nitrogens with one attached hydrogen (secondary N) is 3. The molecular formula is C29H40ClN3O6. The average molecular weight is 562 g/mol. The van der Waals surface area contributed by atoms with Crippen LogP contribution < -0.4 is 20.7 Å². The minimum absolute atomic E-state index is 0.139. The molecule has 1 saturated heterocycles. The second-order valence-electron chi connectivity index (χ2n) is 9.46. The molecule has 1 fully saturated rings. The molecule has 214 valence electrons. The van der Waals surface area contributed by atoms with Gasteiger partial charge < -0.3 is 34.9 Å². The molecule has 0 bridgehead atoms. The van der Waals surface area contributed by atoms with Crippen LogP contribution in [0.2, 0.25) is 5.02 Å². The minimum Gasteiger partial charge on any atom is -0.494 e. The zero-order chi connectivity index (χ0) is 28.0. The lowest BCUT2D eigenvalue weighted by Crippen LogP contribution is -2.41. The van der Waals surface area contributed by atoms with Gasteiger partial charge in [-0.25, -0.2) is 4.79 Å². The monoisotopic (exact) mass is 561 g/mol. The summed E-state index contributed by atoms with van der Waals surface area (Å²) < 4.78 is 22.2. The SMILES string of the molecule is CCOc1cc(C(=O)NC[C@H](C[C@H]2CCCOC2)NC)cc([C@H](OCCNC(=O)OC)c2cccc(Cl)c2)c1. The molecule has 9 nitrogen and oxygen atoms in total. The highest BCUT2D eigenvalue weighted by atomic mass is 35.5. The standard InChI is InChI=1S/C29H40ClN3O6/c1-4-38-26-16-22(27(21-8-5-9-24(30)15-21)39-12-10-32-29(35)36-3)14-23(17-26)28(34)33-18-25(31-2)13-20-7-6-11-37-19-20/h5,8-9,14-17,20,25,27,31H,4,6-7,10-13,18-19H2,1-3H3,(H,32,35)(H,33,34)/t20-,25+,27-/m1/s1. The van der Waals surface area contributed by atoms with Gasteiger partial charge in [-0.2, -0.15) is 0 Å². The van der Waals surface area contributed by atoms with E-state index < -0.39 is 12.2 Å². The van der Waals surface area contributed by atoms with Crippen LogP contribution in [0.3, 0.4) is 0 Å². The number of rotatable bonds is 14. The molecule has 2 aromatic rings. The number of carbonyl (C=O) groups excluding carboxylic acids is 2. The Morgan fingerprint density at radius 3 is 2.69 bits per heavy atom. The van der Waals surface area contributed by atoms with Gasteiger partial charge in [0.1, 0.15) is 11.9 Å². The van der Waals surface area contributed by atoms with Crippen molar-refractivity contribution in [1.82, 2.24) is 16.0 Å². The van der Waals surface area contributed by atoms with Crippen LogP contribution in [0.1, 0.15) is 53.8 Å². The fourth-order valence-corrected chi connectivity index (χ4v) is 4.83. The molecule has 3 atom stereocenters. The Hall–Kier alpha value is -2.85. The Kier molecular flexibility index (Phi) is 12.8. The summed E-state index contributed by atoms with van der Waals surface area (Å²) in [5.74, 6) is 0.855. The van der Waals surface area contributed by atoms with E-state index in [2.05, 4.69) is 20.7 Å². The number of carbonyl (C=O) groups is 2. The number of amides is 2. The Labute approximate surface area is 235 Å². The second kappa shape index (κ2) is 16.3. The van der Waals surface area contributed by atoms with Crippen molar-refractivity contribution < 1.29 is 28.5 Å². The van der Waals surface area contributed by atoms with Gasteiger partial charge in [0.15, 0.2) is 0 Å². The van der Waals surface area contributed by atoms with Crippen LogP contribution >= 0.6 is 11.6 Å². The molecule has 0 aliphatic carbocycles. The molecule has 2 aromatic carbocycles. The van der Waals surface area contributed by atoms with Gasteiger partial charge in [-0.05, 0) is 80.6 Å². The Bertz CT molecular complexity index is 1060. The molecule has 10 heteroatoms. The first kappa shape index (κ1) is 30.7. The molecule has 0 aromatic heterocycles. The van der Waals surface area contributed by atoms with Gasteiger partial charge in [0.2, 0.25) is 0 Å². The van der Waals surface area contributed by atoms with E-state index in [0.717, 1.165) is 43.6 Å². The second-order valence-corrected chi connectivity index (χ2v) is 9.90. The molecule has 39 heavy (non-hydrogen) atoms. The van der Waals surface area contributed by atoms with E-state index in [1.54, 1.807) is 18.2 Å². The summed E-state index contributed by atoms with van der Waals surface area (Å²) in [6, 6.07) is 12.9. The van der Waals surface area contributed by atoms with Gasteiger partial charge in [-0.1, -0.05) is 23.7 Å². The maximum Gasteiger partial charge on any atom is 0.406 e. The molecule has 0 radical (unpaired) electrons. The van der Waals surface area contributed by atoms with Crippen molar-refractivity contribution in [3.05, 3.63) is 64.2 Å². The third-order valence-corrected chi connectivity index (χ3v) is 6.82. The maximum atomic E-state index is 13.3. The summed E-state index contributed by atoms with van der Waals surface area (Å²) in [4.78, 5) is 24.7. The van der Waals surface area contributed by atoms with Crippen LogP contribution in [0.5, 0.6) is 5.75 Å². The predicted molar refractivity (Wildman–Crippen MR) is 151 cm³/mol. The minimum atomic E-state index is -0.550. The summed E-state index contributed by atoms with van der Waals surface area (Å²) in [5.41, 5.74) is 2.01. The molecule has 3 N–H and O–H groups in total. The van der Waals surface area contributed by atoms with E-state index in [-0.39, 0.29) is 25.1 Å². The van der Waals surface area contributed by atoms with Crippen molar-refractivity contribution in [2.45, 2.75) is 38.3 Å². The smallest absolute Gasteiger partial charge is 0.406 e. The normalized spacial score (nSPS) is 16.7. The number of ether oxygens (including phenoxy) is 4. The Morgan fingerprint density at radius 1 is 1.15 bits per heavy atom. The van der Waals surface area contributed by atoms with Gasteiger partial charge in [-0.15, -0.1) is 0 Å².